The Bertz CT molecular complexity index is 507. The van der Waals surface area contributed by atoms with Crippen LogP contribution in [-0.2, 0) is 0 Å². The highest BCUT2D eigenvalue weighted by Gasteiger charge is 2.08. The van der Waals surface area contributed by atoms with E-state index in [-0.39, 0.29) is 5.91 Å². The molecule has 0 fully saturated rings. The Hall–Kier alpha value is -0.780. The van der Waals surface area contributed by atoms with Gasteiger partial charge in [-0.2, -0.15) is 0 Å². The van der Waals surface area contributed by atoms with Crippen LogP contribution in [0.25, 0.3) is 0 Å². The fraction of sp³-hybridized carbons (Fsp3) is 0. The minimum Gasteiger partial charge on any atom is -0.321 e. The highest BCUT2D eigenvalue weighted by atomic mass is 79.9. The van der Waals surface area contributed by atoms with Gasteiger partial charge in [-0.1, -0.05) is 15.9 Å². The second kappa shape index (κ2) is 5.03. The lowest BCUT2D eigenvalue weighted by atomic mass is 10.3. The average Bonchev–Trinajstić information content (AvgIpc) is 2.68. The van der Waals surface area contributed by atoms with Crippen LogP contribution in [0.15, 0.2) is 45.1 Å². The Balaban J connectivity index is 2.10. The third kappa shape index (κ3) is 2.87. The molecule has 0 saturated heterocycles. The summed E-state index contributed by atoms with van der Waals surface area (Å²) in [6.45, 7) is 0. The van der Waals surface area contributed by atoms with Crippen LogP contribution < -0.4 is 5.32 Å². The Morgan fingerprint density at radius 3 is 2.56 bits per heavy atom. The van der Waals surface area contributed by atoms with Crippen LogP contribution >= 0.6 is 39.9 Å². The highest BCUT2D eigenvalue weighted by Crippen LogP contribution is 2.20. The molecule has 0 unspecified atom stereocenters. The number of rotatable bonds is 2. The third-order valence-electron chi connectivity index (χ3n) is 1.91. The number of amides is 1. The zero-order chi connectivity index (χ0) is 11.5. The summed E-state index contributed by atoms with van der Waals surface area (Å²) in [6.07, 6.45) is 0. The number of halogens is 1. The molecule has 1 amide bonds. The van der Waals surface area contributed by atoms with Gasteiger partial charge in [-0.15, -0.1) is 24.0 Å². The van der Waals surface area contributed by atoms with Gasteiger partial charge >= 0.3 is 0 Å². The molecule has 0 radical (unpaired) electrons. The van der Waals surface area contributed by atoms with Gasteiger partial charge < -0.3 is 5.32 Å². The van der Waals surface area contributed by atoms with Crippen LogP contribution in [0.1, 0.15) is 9.67 Å². The number of carbonyl (C=O) groups is 1. The molecule has 2 rings (SSSR count). The van der Waals surface area contributed by atoms with Crippen molar-refractivity contribution in [2.45, 2.75) is 4.90 Å². The molecule has 0 aliphatic heterocycles. The van der Waals surface area contributed by atoms with Gasteiger partial charge in [-0.05, 0) is 30.3 Å². The van der Waals surface area contributed by atoms with Crippen molar-refractivity contribution in [2.75, 3.05) is 5.32 Å². The van der Waals surface area contributed by atoms with Crippen LogP contribution in [0.4, 0.5) is 5.69 Å². The number of benzene rings is 1. The summed E-state index contributed by atoms with van der Waals surface area (Å²) in [5.41, 5.74) is 0.780. The van der Waals surface area contributed by atoms with E-state index in [1.54, 1.807) is 6.07 Å². The maximum absolute atomic E-state index is 11.8. The number of hydrogen-bond donors (Lipinski definition) is 2. The van der Waals surface area contributed by atoms with E-state index in [1.165, 1.54) is 11.3 Å². The van der Waals surface area contributed by atoms with Crippen molar-refractivity contribution in [1.82, 2.24) is 0 Å². The van der Waals surface area contributed by atoms with Crippen LogP contribution in [0.3, 0.4) is 0 Å². The summed E-state index contributed by atoms with van der Waals surface area (Å²) in [5.74, 6) is -0.104. The number of carbonyl (C=O) groups excluding carboxylic acids is 1. The lowest BCUT2D eigenvalue weighted by molar-refractivity contribution is 0.103. The molecule has 2 aromatic rings. The van der Waals surface area contributed by atoms with Crippen LogP contribution in [0, 0.1) is 0 Å². The van der Waals surface area contributed by atoms with E-state index in [4.69, 9.17) is 0 Å². The molecule has 0 bridgehead atoms. The van der Waals surface area contributed by atoms with Gasteiger partial charge in [0.2, 0.25) is 0 Å². The second-order valence-electron chi connectivity index (χ2n) is 3.13. The number of thiophene rings is 1. The van der Waals surface area contributed by atoms with Gasteiger partial charge in [0.05, 0.1) is 4.88 Å². The first kappa shape index (κ1) is 11.7. The van der Waals surface area contributed by atoms with Gasteiger partial charge in [0, 0.05) is 20.4 Å². The molecule has 0 saturated carbocycles. The van der Waals surface area contributed by atoms with E-state index in [2.05, 4.69) is 33.9 Å². The van der Waals surface area contributed by atoms with Gasteiger partial charge in [-0.3, -0.25) is 4.79 Å². The van der Waals surface area contributed by atoms with Gasteiger partial charge in [0.25, 0.3) is 5.91 Å². The number of anilines is 1. The SMILES string of the molecule is O=C(Nc1ccc(Br)cc1)c1cc(S)cs1. The molecule has 16 heavy (non-hydrogen) atoms. The minimum absolute atomic E-state index is 0.104. The summed E-state index contributed by atoms with van der Waals surface area (Å²) in [5, 5.41) is 4.65. The molecule has 0 spiro atoms. The first-order valence-corrected chi connectivity index (χ1v) is 6.61. The number of thiol groups is 1. The van der Waals surface area contributed by atoms with Crippen LogP contribution in [0.5, 0.6) is 0 Å². The summed E-state index contributed by atoms with van der Waals surface area (Å²) < 4.78 is 0.985. The first-order chi connectivity index (χ1) is 7.65. The van der Waals surface area contributed by atoms with E-state index in [1.807, 2.05) is 29.6 Å². The zero-order valence-corrected chi connectivity index (χ0v) is 11.4. The molecule has 82 valence electrons. The van der Waals surface area contributed by atoms with E-state index in [9.17, 15) is 4.79 Å². The molecular weight excluding hydrogens is 306 g/mol. The van der Waals surface area contributed by atoms with Gasteiger partial charge in [0.1, 0.15) is 0 Å². The molecule has 1 N–H and O–H groups in total. The average molecular weight is 314 g/mol. The van der Waals surface area contributed by atoms with Crippen molar-refractivity contribution >= 4 is 51.5 Å². The maximum atomic E-state index is 11.8. The topological polar surface area (TPSA) is 29.1 Å². The monoisotopic (exact) mass is 313 g/mol. The molecular formula is C11H8BrNOS2. The summed E-state index contributed by atoms with van der Waals surface area (Å²) in [6, 6.07) is 9.21. The van der Waals surface area contributed by atoms with Crippen molar-refractivity contribution in [3.63, 3.8) is 0 Å². The molecule has 2 nitrogen and oxygen atoms in total. The Labute approximate surface area is 111 Å². The molecule has 0 atom stereocenters. The third-order valence-corrected chi connectivity index (χ3v) is 3.80. The predicted molar refractivity (Wildman–Crippen MR) is 73.7 cm³/mol. The smallest absolute Gasteiger partial charge is 0.265 e. The van der Waals surface area contributed by atoms with E-state index >= 15 is 0 Å². The second-order valence-corrected chi connectivity index (χ2v) is 5.47. The highest BCUT2D eigenvalue weighted by molar-refractivity contribution is 9.10. The van der Waals surface area contributed by atoms with Crippen molar-refractivity contribution in [1.29, 1.82) is 0 Å². The quantitative estimate of drug-likeness (QED) is 0.805. The molecule has 1 heterocycles. The van der Waals surface area contributed by atoms with Gasteiger partial charge in [-0.25, -0.2) is 0 Å². The fourth-order valence-corrected chi connectivity index (χ4v) is 2.48. The Morgan fingerprint density at radius 2 is 2.00 bits per heavy atom. The normalized spacial score (nSPS) is 10.1. The summed E-state index contributed by atoms with van der Waals surface area (Å²) in [7, 11) is 0. The fourth-order valence-electron chi connectivity index (χ4n) is 1.17. The van der Waals surface area contributed by atoms with Crippen LogP contribution in [-0.4, -0.2) is 5.91 Å². The van der Waals surface area contributed by atoms with Crippen molar-refractivity contribution in [3.8, 4) is 0 Å². The molecule has 0 aliphatic carbocycles. The van der Waals surface area contributed by atoms with Gasteiger partial charge in [0.15, 0.2) is 0 Å². The zero-order valence-electron chi connectivity index (χ0n) is 8.11. The minimum atomic E-state index is -0.104. The van der Waals surface area contributed by atoms with Crippen molar-refractivity contribution in [2.24, 2.45) is 0 Å². The Kier molecular flexibility index (Phi) is 3.68. The lowest BCUT2D eigenvalue weighted by Crippen LogP contribution is -2.09. The van der Waals surface area contributed by atoms with Crippen LogP contribution in [0.2, 0.25) is 0 Å². The number of hydrogen-bond acceptors (Lipinski definition) is 3. The van der Waals surface area contributed by atoms with E-state index in [0.717, 1.165) is 15.1 Å². The summed E-state index contributed by atoms with van der Waals surface area (Å²) >= 11 is 8.89. The van der Waals surface area contributed by atoms with E-state index < -0.39 is 0 Å². The summed E-state index contributed by atoms with van der Waals surface area (Å²) in [4.78, 5) is 13.2. The maximum Gasteiger partial charge on any atom is 0.265 e. The standard InChI is InChI=1S/C11H8BrNOS2/c12-7-1-3-8(4-2-7)13-11(14)10-5-9(15)6-16-10/h1-6,15H,(H,13,14). The van der Waals surface area contributed by atoms with E-state index in [0.29, 0.717) is 4.88 Å². The number of nitrogens with one attached hydrogen (secondary N) is 1. The molecule has 1 aromatic carbocycles. The lowest BCUT2D eigenvalue weighted by Gasteiger charge is -2.02. The predicted octanol–water partition coefficient (Wildman–Crippen LogP) is 4.05. The first-order valence-electron chi connectivity index (χ1n) is 4.49. The van der Waals surface area contributed by atoms with Crippen molar-refractivity contribution in [3.05, 3.63) is 45.1 Å². The molecule has 5 heteroatoms. The largest absolute Gasteiger partial charge is 0.321 e. The molecule has 1 aromatic heterocycles. The Morgan fingerprint density at radius 1 is 1.31 bits per heavy atom. The molecule has 0 aliphatic rings. The van der Waals surface area contributed by atoms with Crippen molar-refractivity contribution < 1.29 is 4.79 Å².